The number of methoxy groups -OCH3 is 1. The average Bonchev–Trinajstić information content (AvgIpc) is 0.712. The molecule has 0 radical (unpaired) electrons. The summed E-state index contributed by atoms with van der Waals surface area (Å²) in [7, 11) is 1.26. The summed E-state index contributed by atoms with van der Waals surface area (Å²) in [5.41, 5.74) is 6.18. The van der Waals surface area contributed by atoms with Crippen LogP contribution in [-0.4, -0.2) is 212 Å². The Balaban J connectivity index is 1.16. The van der Waals surface area contributed by atoms with Gasteiger partial charge in [-0.15, -0.1) is 0 Å². The molecule has 1 heterocycles. The first-order valence-corrected chi connectivity index (χ1v) is 31.8. The number of ketones is 3. The number of nitrogens with two attached hydrogens (primary N) is 2. The number of rotatable bonds is 32. The number of ether oxygens (including phenoxy) is 3. The standard InChI is InChI=1S/C63H90N10O22/c1-28(2)21-38(59(88)69-37-22-45(94-30(4)51(37)80)95-42-24-63(92,43(78)27-76)23-34-47(42)55(84)49-48(53(34)82)52(81)33-15-12-17-41(93-6)46(33)54(49)83)70-60(89)39(25-74)72-58(87)36(18-19-44(65)79)68-62(91)50(32-13-8-7-9-14-32)73-61(90)40(26-75)71-56(85)29(3)66-57(86)35(67-31(5)77)16-10-11-20-64/h12,15,17,28-30,32,35-40,42,45,50-51,74-76,80,82,84,92H,7-11,13-14,16,18-27,64H2,1-6H3,(H2,65,79)(H,66,86)(H,67,77)(H,68,91)(H,69,88)(H,70,89)(H,71,85)(H,72,87)(H,73,90)/t29-,30?,35-,36+,37?,38-,39-,40-,42-,45?,50-,51?,63-/m0/s1. The average molecular weight is 1340 g/mol. The molecule has 4 unspecified atom stereocenters. The second kappa shape index (κ2) is 33.9. The Morgan fingerprint density at radius 3 is 1.91 bits per heavy atom. The van der Waals surface area contributed by atoms with Gasteiger partial charge >= 0.3 is 0 Å². The number of phenols is 2. The minimum absolute atomic E-state index is 0.0208. The van der Waals surface area contributed by atoms with Crippen LogP contribution in [0.2, 0.25) is 0 Å². The molecular weight excluding hydrogens is 1250 g/mol. The largest absolute Gasteiger partial charge is 0.507 e. The summed E-state index contributed by atoms with van der Waals surface area (Å²) in [4.78, 5) is 163. The number of carbonyl (C=O) groups excluding carboxylic acids is 12. The minimum Gasteiger partial charge on any atom is -0.507 e. The number of amides is 9. The second-order valence-corrected chi connectivity index (χ2v) is 25.0. The van der Waals surface area contributed by atoms with E-state index >= 15 is 0 Å². The van der Waals surface area contributed by atoms with Crippen molar-refractivity contribution in [3.63, 3.8) is 0 Å². The molecule has 32 nitrogen and oxygen atoms in total. The Hall–Kier alpha value is -8.24. The number of nitrogens with one attached hydrogen (secondary N) is 8. The number of aromatic hydroxyl groups is 2. The Kier molecular flexibility index (Phi) is 27.1. The van der Waals surface area contributed by atoms with Crippen LogP contribution in [0.4, 0.5) is 0 Å². The van der Waals surface area contributed by atoms with Crippen LogP contribution in [0.5, 0.6) is 17.2 Å². The third kappa shape index (κ3) is 18.6. The highest BCUT2D eigenvalue weighted by Crippen LogP contribution is 2.52. The van der Waals surface area contributed by atoms with Crippen molar-refractivity contribution in [1.29, 1.82) is 0 Å². The smallest absolute Gasteiger partial charge is 0.245 e. The normalized spacial score (nSPS) is 22.3. The van der Waals surface area contributed by atoms with E-state index in [0.29, 0.717) is 45.1 Å². The second-order valence-electron chi connectivity index (χ2n) is 25.0. The molecule has 0 aromatic heterocycles. The molecule has 13 atom stereocenters. The molecule has 19 N–H and O–H groups in total. The van der Waals surface area contributed by atoms with E-state index < -0.39 is 230 Å². The van der Waals surface area contributed by atoms with Crippen molar-refractivity contribution in [2.75, 3.05) is 33.5 Å². The SMILES string of the molecule is COc1cccc2c1C(=O)c1c(O)c3c(c(O)c1C2=O)C[C@@](O)(C(=O)CO)C[C@@H]3OC1CC(NC(=O)[C@H](CC(C)C)NC(=O)[C@H](CO)NC(=O)[C@@H](CCC(N)=O)NC(=O)[C@@H](NC(=O)[C@H](CO)NC(=O)[C@H](C)NC(=O)[C@H](CCCCN)NC(C)=O)C2CCCCC2)C(O)C(C)O1. The van der Waals surface area contributed by atoms with Gasteiger partial charge in [-0.3, -0.25) is 57.5 Å². The third-order valence-corrected chi connectivity index (χ3v) is 17.5. The fourth-order valence-corrected chi connectivity index (χ4v) is 12.4. The van der Waals surface area contributed by atoms with Crippen molar-refractivity contribution in [2.45, 2.75) is 203 Å². The van der Waals surface area contributed by atoms with E-state index in [-0.39, 0.29) is 46.8 Å². The van der Waals surface area contributed by atoms with Crippen LogP contribution in [0, 0.1) is 11.8 Å². The van der Waals surface area contributed by atoms with Crippen LogP contribution in [0.3, 0.4) is 0 Å². The minimum atomic E-state index is -2.50. The van der Waals surface area contributed by atoms with Crippen LogP contribution in [-0.2, 0) is 63.8 Å². The Morgan fingerprint density at radius 2 is 1.31 bits per heavy atom. The highest BCUT2D eigenvalue weighted by atomic mass is 16.7. The predicted molar refractivity (Wildman–Crippen MR) is 332 cm³/mol. The van der Waals surface area contributed by atoms with Gasteiger partial charge in [-0.2, -0.15) is 0 Å². The van der Waals surface area contributed by atoms with E-state index in [9.17, 15) is 93.3 Å². The van der Waals surface area contributed by atoms with Crippen LogP contribution in [0.25, 0.3) is 0 Å². The molecule has 1 saturated carbocycles. The molecule has 4 aliphatic rings. The molecular formula is C63H90N10O22. The number of carbonyl (C=O) groups is 12. The summed E-state index contributed by atoms with van der Waals surface area (Å²) in [6, 6.07) is -7.50. The zero-order valence-electron chi connectivity index (χ0n) is 54.0. The van der Waals surface area contributed by atoms with Crippen molar-refractivity contribution < 1.29 is 107 Å². The number of aliphatic hydroxyl groups is 5. The van der Waals surface area contributed by atoms with E-state index in [1.54, 1.807) is 13.8 Å². The molecule has 95 heavy (non-hydrogen) atoms. The van der Waals surface area contributed by atoms with Crippen LogP contribution in [0.15, 0.2) is 18.2 Å². The number of hydrogen-bond donors (Lipinski definition) is 17. The molecule has 524 valence electrons. The lowest BCUT2D eigenvalue weighted by atomic mass is 9.72. The van der Waals surface area contributed by atoms with Gasteiger partial charge in [-0.1, -0.05) is 45.2 Å². The molecule has 1 aliphatic heterocycles. The van der Waals surface area contributed by atoms with Crippen LogP contribution >= 0.6 is 0 Å². The van der Waals surface area contributed by atoms with Gasteiger partial charge in [0.2, 0.25) is 58.9 Å². The number of unbranched alkanes of at least 4 members (excludes halogenated alkanes) is 1. The van der Waals surface area contributed by atoms with Gasteiger partial charge in [-0.25, -0.2) is 0 Å². The third-order valence-electron chi connectivity index (χ3n) is 17.5. The molecule has 3 aliphatic carbocycles. The van der Waals surface area contributed by atoms with Crippen LogP contribution in [0.1, 0.15) is 167 Å². The number of fused-ring (bicyclic) bond motifs is 3. The number of phenolic OH excluding ortho intramolecular Hbond substituents is 2. The van der Waals surface area contributed by atoms with Gasteiger partial charge in [0.25, 0.3) is 0 Å². The maximum atomic E-state index is 14.4. The highest BCUT2D eigenvalue weighted by Gasteiger charge is 2.51. The monoisotopic (exact) mass is 1340 g/mol. The number of primary amides is 1. The first-order valence-electron chi connectivity index (χ1n) is 31.8. The Morgan fingerprint density at radius 1 is 0.716 bits per heavy atom. The van der Waals surface area contributed by atoms with E-state index in [2.05, 4.69) is 42.5 Å². The molecule has 2 aromatic carbocycles. The number of benzene rings is 2. The molecule has 1 saturated heterocycles. The van der Waals surface area contributed by atoms with Gasteiger partial charge in [0, 0.05) is 49.3 Å². The van der Waals surface area contributed by atoms with Crippen LogP contribution < -0.4 is 58.7 Å². The topological polar surface area (TPSA) is 522 Å². The Bertz CT molecular complexity index is 3210. The summed E-state index contributed by atoms with van der Waals surface area (Å²) in [6.07, 6.45) is -4.63. The summed E-state index contributed by atoms with van der Waals surface area (Å²) >= 11 is 0. The van der Waals surface area contributed by atoms with Gasteiger partial charge in [0.15, 0.2) is 17.9 Å². The van der Waals surface area contributed by atoms with E-state index in [1.165, 1.54) is 46.1 Å². The molecule has 32 heteroatoms. The summed E-state index contributed by atoms with van der Waals surface area (Å²) in [5.74, 6) is -13.7. The van der Waals surface area contributed by atoms with Crippen molar-refractivity contribution in [1.82, 2.24) is 42.5 Å². The lowest BCUT2D eigenvalue weighted by Gasteiger charge is -2.43. The predicted octanol–water partition coefficient (Wildman–Crippen LogP) is -3.40. The van der Waals surface area contributed by atoms with E-state index in [4.69, 9.17) is 25.7 Å². The van der Waals surface area contributed by atoms with E-state index in [1.807, 2.05) is 0 Å². The van der Waals surface area contributed by atoms with Gasteiger partial charge in [0.05, 0.1) is 55.3 Å². The summed E-state index contributed by atoms with van der Waals surface area (Å²) < 4.78 is 17.7. The van der Waals surface area contributed by atoms with Crippen molar-refractivity contribution in [2.24, 2.45) is 23.3 Å². The molecule has 0 bridgehead atoms. The zero-order chi connectivity index (χ0) is 70.3. The zero-order valence-corrected chi connectivity index (χ0v) is 54.0. The van der Waals surface area contributed by atoms with Crippen molar-refractivity contribution in [3.8, 4) is 17.2 Å². The van der Waals surface area contributed by atoms with E-state index in [0.717, 1.165) is 6.42 Å². The molecule has 2 fully saturated rings. The maximum Gasteiger partial charge on any atom is 0.245 e. The molecule has 6 rings (SSSR count). The lowest BCUT2D eigenvalue weighted by molar-refractivity contribution is -0.249. The van der Waals surface area contributed by atoms with Crippen molar-refractivity contribution in [3.05, 3.63) is 51.6 Å². The molecule has 0 spiro atoms. The first kappa shape index (κ1) is 75.8. The number of aliphatic hydroxyl groups excluding tert-OH is 4. The fraction of sp³-hybridized carbons (Fsp3) is 0.619. The van der Waals surface area contributed by atoms with Gasteiger partial charge in [-0.05, 0) is 83.2 Å². The number of hydrogen-bond acceptors (Lipinski definition) is 23. The fourth-order valence-electron chi connectivity index (χ4n) is 12.4. The molecule has 2 aromatic rings. The highest BCUT2D eigenvalue weighted by molar-refractivity contribution is 6.31. The number of Topliss-reactive ketones (excluding diaryl/α,β-unsaturated/α-hetero) is 1. The quantitative estimate of drug-likeness (QED) is 0.0214. The lowest BCUT2D eigenvalue weighted by Crippen LogP contribution is -2.62. The van der Waals surface area contributed by atoms with Crippen molar-refractivity contribution >= 4 is 70.5 Å². The maximum absolute atomic E-state index is 14.4. The van der Waals surface area contributed by atoms with Gasteiger partial charge < -0.3 is 104 Å². The molecule has 9 amide bonds. The first-order chi connectivity index (χ1) is 44.9. The summed E-state index contributed by atoms with van der Waals surface area (Å²) in [5, 5.41) is 97.9. The Labute approximate surface area is 547 Å². The van der Waals surface area contributed by atoms with Gasteiger partial charge in [0.1, 0.15) is 77.9 Å². The summed E-state index contributed by atoms with van der Waals surface area (Å²) in [6.45, 7) is 4.44.